The summed E-state index contributed by atoms with van der Waals surface area (Å²) in [5.41, 5.74) is 2.16. The predicted molar refractivity (Wildman–Crippen MR) is 165 cm³/mol. The van der Waals surface area contributed by atoms with Gasteiger partial charge in [0, 0.05) is 28.0 Å². The minimum Gasteiger partial charge on any atom is -0.350 e. The molecule has 0 bridgehead atoms. The third kappa shape index (κ3) is 9.08. The number of anilines is 1. The molecule has 3 rings (SSSR count). The lowest BCUT2D eigenvalue weighted by atomic mass is 10.0. The maximum absolute atomic E-state index is 14.1. The van der Waals surface area contributed by atoms with Crippen molar-refractivity contribution in [1.29, 1.82) is 0 Å². The highest BCUT2D eigenvalue weighted by Gasteiger charge is 2.34. The van der Waals surface area contributed by atoms with Gasteiger partial charge >= 0.3 is 0 Å². The lowest BCUT2D eigenvalue weighted by Gasteiger charge is -2.35. The van der Waals surface area contributed by atoms with Crippen LogP contribution in [0.5, 0.6) is 0 Å². The lowest BCUT2D eigenvalue weighted by Crippen LogP contribution is -2.56. The number of amides is 2. The van der Waals surface area contributed by atoms with Crippen LogP contribution < -0.4 is 9.62 Å². The minimum atomic E-state index is -3.87. The van der Waals surface area contributed by atoms with Crippen molar-refractivity contribution in [3.63, 3.8) is 0 Å². The van der Waals surface area contributed by atoms with Crippen molar-refractivity contribution in [2.24, 2.45) is 0 Å². The van der Waals surface area contributed by atoms with E-state index in [0.29, 0.717) is 5.02 Å². The van der Waals surface area contributed by atoms with Gasteiger partial charge < -0.3 is 10.2 Å². The van der Waals surface area contributed by atoms with Gasteiger partial charge in [0.1, 0.15) is 12.6 Å². The largest absolute Gasteiger partial charge is 0.350 e. The molecular formula is C30H35BrClN3O4S. The van der Waals surface area contributed by atoms with Gasteiger partial charge in [0.25, 0.3) is 0 Å². The highest BCUT2D eigenvalue weighted by atomic mass is 79.9. The molecule has 3 aromatic carbocycles. The number of aryl methyl sites for hydroxylation is 1. The van der Waals surface area contributed by atoms with Crippen LogP contribution >= 0.6 is 27.5 Å². The second-order valence-corrected chi connectivity index (χ2v) is 14.0. The Balaban J connectivity index is 2.09. The van der Waals surface area contributed by atoms with Crippen LogP contribution in [0.4, 0.5) is 5.69 Å². The van der Waals surface area contributed by atoms with E-state index >= 15 is 0 Å². The third-order valence-corrected chi connectivity index (χ3v) is 8.17. The first-order valence-electron chi connectivity index (χ1n) is 12.8. The number of rotatable bonds is 10. The quantitative estimate of drug-likeness (QED) is 0.304. The van der Waals surface area contributed by atoms with E-state index in [4.69, 9.17) is 11.6 Å². The van der Waals surface area contributed by atoms with Crippen molar-refractivity contribution in [1.82, 2.24) is 10.2 Å². The van der Waals surface area contributed by atoms with Gasteiger partial charge in [-0.15, -0.1) is 0 Å². The maximum atomic E-state index is 14.1. The molecular weight excluding hydrogens is 614 g/mol. The Labute approximate surface area is 250 Å². The Kier molecular flexibility index (Phi) is 10.4. The summed E-state index contributed by atoms with van der Waals surface area (Å²) in [4.78, 5) is 29.3. The molecule has 1 atom stereocenters. The monoisotopic (exact) mass is 647 g/mol. The predicted octanol–water partition coefficient (Wildman–Crippen LogP) is 5.73. The fraction of sp³-hybridized carbons (Fsp3) is 0.333. The van der Waals surface area contributed by atoms with Gasteiger partial charge in [-0.3, -0.25) is 13.9 Å². The molecule has 40 heavy (non-hydrogen) atoms. The molecule has 0 saturated heterocycles. The second kappa shape index (κ2) is 13.2. The van der Waals surface area contributed by atoms with Gasteiger partial charge in [-0.2, -0.15) is 0 Å². The van der Waals surface area contributed by atoms with E-state index in [-0.39, 0.29) is 24.6 Å². The van der Waals surface area contributed by atoms with Gasteiger partial charge in [0.05, 0.1) is 11.9 Å². The molecule has 10 heteroatoms. The van der Waals surface area contributed by atoms with Crippen molar-refractivity contribution in [2.75, 3.05) is 17.1 Å². The van der Waals surface area contributed by atoms with Crippen molar-refractivity contribution >= 4 is 55.1 Å². The number of nitrogens with zero attached hydrogens (tertiary/aromatic N) is 2. The summed E-state index contributed by atoms with van der Waals surface area (Å²) in [5, 5.41) is 3.39. The fourth-order valence-corrected chi connectivity index (χ4v) is 5.65. The summed E-state index contributed by atoms with van der Waals surface area (Å²) in [6.07, 6.45) is 1.29. The van der Waals surface area contributed by atoms with E-state index in [1.807, 2.05) is 82.3 Å². The standard InChI is InChI=1S/C30H35BrClN3O4S/c1-21-14-15-25(18-26(21)32)35(40(5,38)39)20-28(36)34(19-23-12-9-13-24(31)16-23)27(29(37)33-30(2,3)4)17-22-10-7-6-8-11-22/h6-16,18,27H,17,19-20H2,1-5H3,(H,33,37). The molecule has 0 heterocycles. The number of carbonyl (C=O) groups is 2. The first-order chi connectivity index (χ1) is 18.6. The molecule has 7 nitrogen and oxygen atoms in total. The molecule has 1 N–H and O–H groups in total. The molecule has 0 spiro atoms. The number of sulfonamides is 1. The van der Waals surface area contributed by atoms with Crippen LogP contribution in [0.25, 0.3) is 0 Å². The molecule has 2 amide bonds. The highest BCUT2D eigenvalue weighted by molar-refractivity contribution is 9.10. The second-order valence-electron chi connectivity index (χ2n) is 10.8. The zero-order valence-electron chi connectivity index (χ0n) is 23.3. The van der Waals surface area contributed by atoms with Gasteiger partial charge in [-0.25, -0.2) is 8.42 Å². The summed E-state index contributed by atoms with van der Waals surface area (Å²) >= 11 is 9.77. The van der Waals surface area contributed by atoms with E-state index < -0.39 is 34.1 Å². The van der Waals surface area contributed by atoms with Crippen LogP contribution in [-0.2, 0) is 32.6 Å². The molecule has 0 radical (unpaired) electrons. The van der Waals surface area contributed by atoms with E-state index in [2.05, 4.69) is 21.2 Å². The highest BCUT2D eigenvalue weighted by Crippen LogP contribution is 2.26. The molecule has 0 fully saturated rings. The molecule has 0 aliphatic heterocycles. The number of hydrogen-bond donors (Lipinski definition) is 1. The van der Waals surface area contributed by atoms with Crippen molar-refractivity contribution in [3.8, 4) is 0 Å². The SMILES string of the molecule is Cc1ccc(N(CC(=O)N(Cc2cccc(Br)c2)C(Cc2ccccc2)C(=O)NC(C)(C)C)S(C)(=O)=O)cc1Cl. The Bertz CT molecular complexity index is 1460. The molecule has 0 aromatic heterocycles. The van der Waals surface area contributed by atoms with Crippen LogP contribution in [0, 0.1) is 6.92 Å². The smallest absolute Gasteiger partial charge is 0.244 e. The normalized spacial score (nSPS) is 12.5. The number of hydrogen-bond acceptors (Lipinski definition) is 4. The van der Waals surface area contributed by atoms with E-state index in [9.17, 15) is 18.0 Å². The number of carbonyl (C=O) groups excluding carboxylic acids is 2. The minimum absolute atomic E-state index is 0.0968. The molecule has 1 unspecified atom stereocenters. The van der Waals surface area contributed by atoms with E-state index in [1.165, 1.54) is 11.0 Å². The van der Waals surface area contributed by atoms with Crippen molar-refractivity contribution in [3.05, 3.63) is 99.0 Å². The van der Waals surface area contributed by atoms with Gasteiger partial charge in [-0.1, -0.05) is 76.1 Å². The first kappa shape index (κ1) is 31.6. The summed E-state index contributed by atoms with van der Waals surface area (Å²) in [5.74, 6) is -0.851. The average Bonchev–Trinajstić information content (AvgIpc) is 2.85. The zero-order valence-corrected chi connectivity index (χ0v) is 26.5. The van der Waals surface area contributed by atoms with Crippen molar-refractivity contribution in [2.45, 2.75) is 52.2 Å². The topological polar surface area (TPSA) is 86.8 Å². The Morgan fingerprint density at radius 2 is 1.62 bits per heavy atom. The lowest BCUT2D eigenvalue weighted by molar-refractivity contribution is -0.140. The van der Waals surface area contributed by atoms with E-state index in [1.54, 1.807) is 12.1 Å². The van der Waals surface area contributed by atoms with Crippen LogP contribution in [0.3, 0.4) is 0 Å². The summed E-state index contributed by atoms with van der Waals surface area (Å²) in [6.45, 7) is 7.02. The van der Waals surface area contributed by atoms with Crippen molar-refractivity contribution < 1.29 is 18.0 Å². The molecule has 0 aliphatic carbocycles. The number of halogens is 2. The van der Waals surface area contributed by atoms with E-state index in [0.717, 1.165) is 31.7 Å². The number of nitrogens with one attached hydrogen (secondary N) is 1. The molecule has 0 saturated carbocycles. The molecule has 0 aliphatic rings. The summed E-state index contributed by atoms with van der Waals surface area (Å²) in [7, 11) is -3.87. The van der Waals surface area contributed by atoms with Gasteiger partial charge in [0.2, 0.25) is 21.8 Å². The first-order valence-corrected chi connectivity index (χ1v) is 15.8. The maximum Gasteiger partial charge on any atom is 0.244 e. The van der Waals surface area contributed by atoms with Crippen LogP contribution in [-0.4, -0.2) is 49.5 Å². The van der Waals surface area contributed by atoms with Crippen LogP contribution in [0.2, 0.25) is 5.02 Å². The summed E-state index contributed by atoms with van der Waals surface area (Å²) < 4.78 is 27.6. The van der Waals surface area contributed by atoms with Gasteiger partial charge in [0.15, 0.2) is 0 Å². The molecule has 214 valence electrons. The fourth-order valence-electron chi connectivity index (χ4n) is 4.19. The van der Waals surface area contributed by atoms with Crippen LogP contribution in [0.15, 0.2) is 77.3 Å². The zero-order chi connectivity index (χ0) is 29.7. The Morgan fingerprint density at radius 1 is 0.975 bits per heavy atom. The molecule has 3 aromatic rings. The third-order valence-electron chi connectivity index (χ3n) is 6.13. The van der Waals surface area contributed by atoms with Gasteiger partial charge in [-0.05, 0) is 68.7 Å². The summed E-state index contributed by atoms with van der Waals surface area (Å²) in [6, 6.07) is 20.8. The Morgan fingerprint density at radius 3 is 2.20 bits per heavy atom. The number of benzene rings is 3. The average molecular weight is 649 g/mol. The van der Waals surface area contributed by atoms with Crippen LogP contribution in [0.1, 0.15) is 37.5 Å². The Hall–Kier alpha value is -2.88.